The molecule has 0 atom stereocenters. The highest BCUT2D eigenvalue weighted by molar-refractivity contribution is 7.89. The third-order valence-corrected chi connectivity index (χ3v) is 5.00. The lowest BCUT2D eigenvalue weighted by molar-refractivity contribution is 0.597. The molecular weight excluding hydrogens is 301 g/mol. The molecule has 0 aliphatic heterocycles. The standard InChI is InChI=1S/C10H15NO2S.C6H15P/c1-2-3-4-9-5-7-10(8-6-9)14(11,12)13;1-5(2)7-6(3)4/h5-8H,2-4H2,1H3,(H2,11,12,13);5-7H,1-4H3. The van der Waals surface area contributed by atoms with Gasteiger partial charge in [0.25, 0.3) is 0 Å². The smallest absolute Gasteiger partial charge is 0.225 e. The van der Waals surface area contributed by atoms with E-state index in [0.717, 1.165) is 44.7 Å². The molecule has 1 aromatic rings. The van der Waals surface area contributed by atoms with E-state index in [-0.39, 0.29) is 4.90 Å². The lowest BCUT2D eigenvalue weighted by atomic mass is 10.1. The molecule has 0 aromatic heterocycles. The van der Waals surface area contributed by atoms with E-state index in [1.54, 1.807) is 12.1 Å². The molecule has 2 N–H and O–H groups in total. The maximum absolute atomic E-state index is 10.9. The third-order valence-electron chi connectivity index (χ3n) is 2.74. The van der Waals surface area contributed by atoms with E-state index in [0.29, 0.717) is 0 Å². The normalized spacial score (nSPS) is 11.4. The van der Waals surface area contributed by atoms with Gasteiger partial charge in [-0.1, -0.05) is 53.2 Å². The molecule has 0 spiro atoms. The first kappa shape index (κ1) is 20.6. The summed E-state index contributed by atoms with van der Waals surface area (Å²) in [6.07, 6.45) is 3.24. The van der Waals surface area contributed by atoms with Crippen LogP contribution in [0, 0.1) is 0 Å². The van der Waals surface area contributed by atoms with Crippen molar-refractivity contribution < 1.29 is 8.42 Å². The van der Waals surface area contributed by atoms with Gasteiger partial charge in [-0.2, -0.15) is 0 Å². The molecule has 1 rings (SSSR count). The van der Waals surface area contributed by atoms with Gasteiger partial charge in [0.15, 0.2) is 0 Å². The number of hydrogen-bond donors (Lipinski definition) is 1. The van der Waals surface area contributed by atoms with Crippen LogP contribution in [0.25, 0.3) is 0 Å². The van der Waals surface area contributed by atoms with Crippen molar-refractivity contribution in [3.63, 3.8) is 0 Å². The van der Waals surface area contributed by atoms with Crippen LogP contribution in [0.15, 0.2) is 29.2 Å². The number of nitrogens with two attached hydrogens (primary N) is 1. The van der Waals surface area contributed by atoms with Crippen molar-refractivity contribution in [2.75, 3.05) is 0 Å². The molecule has 0 saturated heterocycles. The van der Waals surface area contributed by atoms with Crippen molar-refractivity contribution in [3.8, 4) is 0 Å². The summed E-state index contributed by atoms with van der Waals surface area (Å²) in [5, 5.41) is 4.98. The van der Waals surface area contributed by atoms with Crippen molar-refractivity contribution in [2.24, 2.45) is 5.14 Å². The first-order chi connectivity index (χ1) is 9.66. The fourth-order valence-corrected chi connectivity index (χ4v) is 3.74. The number of hydrogen-bond acceptors (Lipinski definition) is 2. The van der Waals surface area contributed by atoms with Crippen LogP contribution in [0.4, 0.5) is 0 Å². The van der Waals surface area contributed by atoms with Crippen LogP contribution in [0.5, 0.6) is 0 Å². The summed E-state index contributed by atoms with van der Waals surface area (Å²) in [5.41, 5.74) is 2.96. The Bertz CT molecular complexity index is 476. The predicted octanol–water partition coefficient (Wildman–Crippen LogP) is 4.16. The summed E-state index contributed by atoms with van der Waals surface area (Å²) >= 11 is 0. The van der Waals surface area contributed by atoms with Crippen molar-refractivity contribution >= 4 is 18.6 Å². The Kier molecular flexibility index (Phi) is 10.1. The molecule has 0 fully saturated rings. The molecule has 0 bridgehead atoms. The third kappa shape index (κ3) is 10.9. The molecule has 0 amide bonds. The average molecular weight is 331 g/mol. The van der Waals surface area contributed by atoms with Gasteiger partial charge in [-0.05, 0) is 41.9 Å². The number of sulfonamides is 1. The van der Waals surface area contributed by atoms with Gasteiger partial charge in [0.2, 0.25) is 10.0 Å². The number of benzene rings is 1. The molecule has 5 heteroatoms. The van der Waals surface area contributed by atoms with Gasteiger partial charge in [-0.25, -0.2) is 13.6 Å². The summed E-state index contributed by atoms with van der Waals surface area (Å²) in [7, 11) is -2.40. The first-order valence-electron chi connectivity index (χ1n) is 7.54. The number of primary sulfonamides is 1. The largest absolute Gasteiger partial charge is 0.238 e. The van der Waals surface area contributed by atoms with Crippen LogP contribution < -0.4 is 5.14 Å². The van der Waals surface area contributed by atoms with Gasteiger partial charge in [0.1, 0.15) is 0 Å². The summed E-state index contributed by atoms with van der Waals surface area (Å²) in [6, 6.07) is 6.74. The Labute approximate surface area is 132 Å². The minimum absolute atomic E-state index is 0.178. The predicted molar refractivity (Wildman–Crippen MR) is 95.0 cm³/mol. The zero-order valence-corrected chi connectivity index (χ0v) is 15.7. The lowest BCUT2D eigenvalue weighted by Gasteiger charge is -2.06. The maximum atomic E-state index is 10.9. The number of rotatable bonds is 6. The molecule has 0 unspecified atom stereocenters. The SMILES string of the molecule is CC(C)PC(C)C.CCCCc1ccc(S(N)(=O)=O)cc1. The minimum Gasteiger partial charge on any atom is -0.225 e. The van der Waals surface area contributed by atoms with E-state index in [2.05, 4.69) is 34.6 Å². The highest BCUT2D eigenvalue weighted by Crippen LogP contribution is 2.23. The second-order valence-corrected chi connectivity index (χ2v) is 9.97. The second-order valence-electron chi connectivity index (χ2n) is 5.77. The molecule has 1 aromatic carbocycles. The molecule has 0 radical (unpaired) electrons. The van der Waals surface area contributed by atoms with Crippen molar-refractivity contribution in [1.82, 2.24) is 0 Å². The zero-order valence-electron chi connectivity index (χ0n) is 13.9. The van der Waals surface area contributed by atoms with E-state index in [1.807, 2.05) is 12.1 Å². The van der Waals surface area contributed by atoms with Crippen LogP contribution in [-0.2, 0) is 16.4 Å². The van der Waals surface area contributed by atoms with Crippen LogP contribution >= 0.6 is 8.58 Å². The second kappa shape index (κ2) is 10.3. The molecule has 122 valence electrons. The summed E-state index contributed by atoms with van der Waals surface area (Å²) in [6.45, 7) is 11.2. The summed E-state index contributed by atoms with van der Waals surface area (Å²) in [5.74, 6) is 0. The van der Waals surface area contributed by atoms with Gasteiger partial charge in [-0.3, -0.25) is 0 Å². The Morgan fingerprint density at radius 1 is 1.05 bits per heavy atom. The van der Waals surface area contributed by atoms with Crippen LogP contribution in [0.1, 0.15) is 53.0 Å². The molecular formula is C16H30NO2PS. The van der Waals surface area contributed by atoms with Crippen LogP contribution in [0.3, 0.4) is 0 Å². The van der Waals surface area contributed by atoms with E-state index in [9.17, 15) is 8.42 Å². The Morgan fingerprint density at radius 2 is 1.52 bits per heavy atom. The first-order valence-corrected chi connectivity index (χ1v) is 10.2. The average Bonchev–Trinajstić information content (AvgIpc) is 2.35. The van der Waals surface area contributed by atoms with E-state index in [4.69, 9.17) is 5.14 Å². The fraction of sp³-hybridized carbons (Fsp3) is 0.625. The number of aryl methyl sites for hydroxylation is 1. The molecule has 3 nitrogen and oxygen atoms in total. The van der Waals surface area contributed by atoms with Gasteiger partial charge < -0.3 is 0 Å². The minimum atomic E-state index is -3.54. The highest BCUT2D eigenvalue weighted by atomic mass is 32.2. The van der Waals surface area contributed by atoms with E-state index in [1.165, 1.54) is 0 Å². The molecule has 0 aliphatic rings. The highest BCUT2D eigenvalue weighted by Gasteiger charge is 2.06. The van der Waals surface area contributed by atoms with Gasteiger partial charge in [0.05, 0.1) is 4.90 Å². The summed E-state index contributed by atoms with van der Waals surface area (Å²) < 4.78 is 21.9. The zero-order chi connectivity index (χ0) is 16.5. The topological polar surface area (TPSA) is 60.2 Å². The fourth-order valence-electron chi connectivity index (χ4n) is 1.89. The van der Waals surface area contributed by atoms with Crippen molar-refractivity contribution in [3.05, 3.63) is 29.8 Å². The van der Waals surface area contributed by atoms with E-state index < -0.39 is 10.0 Å². The van der Waals surface area contributed by atoms with Gasteiger partial charge >= 0.3 is 0 Å². The Hall–Kier alpha value is -0.440. The summed E-state index contributed by atoms with van der Waals surface area (Å²) in [4.78, 5) is 0.178. The molecule has 0 saturated carbocycles. The molecule has 0 aliphatic carbocycles. The van der Waals surface area contributed by atoms with Crippen LogP contribution in [0.2, 0.25) is 0 Å². The lowest BCUT2D eigenvalue weighted by Crippen LogP contribution is -2.11. The van der Waals surface area contributed by atoms with E-state index >= 15 is 0 Å². The van der Waals surface area contributed by atoms with Crippen molar-refractivity contribution in [1.29, 1.82) is 0 Å². The maximum Gasteiger partial charge on any atom is 0.238 e. The molecule has 0 heterocycles. The quantitative estimate of drug-likeness (QED) is 0.796. The van der Waals surface area contributed by atoms with Gasteiger partial charge in [-0.15, -0.1) is 8.58 Å². The van der Waals surface area contributed by atoms with Crippen LogP contribution in [-0.4, -0.2) is 19.7 Å². The van der Waals surface area contributed by atoms with Gasteiger partial charge in [0, 0.05) is 0 Å². The Morgan fingerprint density at radius 3 is 1.81 bits per heavy atom. The molecule has 21 heavy (non-hydrogen) atoms. The Balaban J connectivity index is 0.000000486. The van der Waals surface area contributed by atoms with Crippen molar-refractivity contribution in [2.45, 2.75) is 70.1 Å². The number of unbranched alkanes of at least 4 members (excludes halogenated alkanes) is 1. The monoisotopic (exact) mass is 331 g/mol.